The second-order valence-electron chi connectivity index (χ2n) is 7.93. The summed E-state index contributed by atoms with van der Waals surface area (Å²) in [6.45, 7) is 7.76. The Hall–Kier alpha value is -2.57. The van der Waals surface area contributed by atoms with Gasteiger partial charge in [-0.3, -0.25) is 0 Å². The Kier molecular flexibility index (Phi) is 4.56. The van der Waals surface area contributed by atoms with Gasteiger partial charge >= 0.3 is 6.18 Å². The molecule has 3 aromatic rings. The summed E-state index contributed by atoms with van der Waals surface area (Å²) in [4.78, 5) is 6.59. The Balaban J connectivity index is 1.98. The molecule has 0 radical (unpaired) electrons. The van der Waals surface area contributed by atoms with E-state index in [1.165, 1.54) is 4.52 Å². The van der Waals surface area contributed by atoms with Gasteiger partial charge in [-0.1, -0.05) is 44.2 Å². The fourth-order valence-electron chi connectivity index (χ4n) is 4.26. The molecule has 1 aliphatic heterocycles. The van der Waals surface area contributed by atoms with Crippen molar-refractivity contribution in [3.8, 4) is 11.1 Å². The lowest BCUT2D eigenvalue weighted by Crippen LogP contribution is -2.39. The first-order chi connectivity index (χ1) is 13.2. The Morgan fingerprint density at radius 3 is 2.29 bits per heavy atom. The molecule has 0 amide bonds. The maximum Gasteiger partial charge on any atom is 0.435 e. The predicted molar refractivity (Wildman–Crippen MR) is 103 cm³/mol. The largest absolute Gasteiger partial charge is 0.435 e. The van der Waals surface area contributed by atoms with Gasteiger partial charge in [0.2, 0.25) is 0 Å². The Labute approximate surface area is 162 Å². The molecule has 0 bridgehead atoms. The first-order valence-electron chi connectivity index (χ1n) is 9.52. The molecule has 1 saturated heterocycles. The van der Waals surface area contributed by atoms with Crippen molar-refractivity contribution in [2.24, 2.45) is 11.8 Å². The SMILES string of the molecule is Cc1cc(N2C[C@H](C)C[C@H](C)C2)n2nc(C(F)(F)F)c(-c3ccccc3)c2n1. The minimum Gasteiger partial charge on any atom is -0.356 e. The standard InChI is InChI=1S/C21H23F3N4/c1-13-9-14(2)12-27(11-13)17-10-15(3)25-20-18(16-7-5-4-6-8-16)19(21(22,23)24)26-28(17)20/h4-8,10,13-14H,9,11-12H2,1-3H3/t13-,14+. The fraction of sp³-hybridized carbons (Fsp3) is 0.429. The molecule has 28 heavy (non-hydrogen) atoms. The van der Waals surface area contributed by atoms with Crippen LogP contribution in [0, 0.1) is 18.8 Å². The van der Waals surface area contributed by atoms with Gasteiger partial charge in [-0.05, 0) is 30.7 Å². The van der Waals surface area contributed by atoms with Gasteiger partial charge in [0.25, 0.3) is 0 Å². The molecule has 148 valence electrons. The predicted octanol–water partition coefficient (Wildman–Crippen LogP) is 5.21. The molecule has 3 heterocycles. The van der Waals surface area contributed by atoms with Crippen molar-refractivity contribution in [3.63, 3.8) is 0 Å². The molecule has 2 aromatic heterocycles. The number of fused-ring (bicyclic) bond motifs is 1. The summed E-state index contributed by atoms with van der Waals surface area (Å²) < 4.78 is 42.9. The number of hydrogen-bond acceptors (Lipinski definition) is 3. The number of aryl methyl sites for hydroxylation is 1. The van der Waals surface area contributed by atoms with Crippen molar-refractivity contribution in [1.29, 1.82) is 0 Å². The second kappa shape index (κ2) is 6.79. The van der Waals surface area contributed by atoms with E-state index in [9.17, 15) is 13.2 Å². The minimum atomic E-state index is -4.56. The summed E-state index contributed by atoms with van der Waals surface area (Å²) in [5.74, 6) is 1.62. The quantitative estimate of drug-likeness (QED) is 0.605. The van der Waals surface area contributed by atoms with Crippen molar-refractivity contribution in [3.05, 3.63) is 47.8 Å². The van der Waals surface area contributed by atoms with Crippen molar-refractivity contribution < 1.29 is 13.2 Å². The van der Waals surface area contributed by atoms with Gasteiger partial charge in [0.15, 0.2) is 11.3 Å². The molecular weight excluding hydrogens is 365 g/mol. The van der Waals surface area contributed by atoms with E-state index in [1.807, 2.05) is 13.0 Å². The van der Waals surface area contributed by atoms with Crippen LogP contribution in [-0.4, -0.2) is 27.7 Å². The lowest BCUT2D eigenvalue weighted by Gasteiger charge is -2.36. The van der Waals surface area contributed by atoms with Crippen LogP contribution in [0.2, 0.25) is 0 Å². The molecule has 0 aliphatic carbocycles. The maximum absolute atomic E-state index is 13.9. The van der Waals surface area contributed by atoms with Crippen LogP contribution >= 0.6 is 0 Å². The number of benzene rings is 1. The van der Waals surface area contributed by atoms with Crippen LogP contribution in [0.1, 0.15) is 31.7 Å². The van der Waals surface area contributed by atoms with Crippen LogP contribution in [-0.2, 0) is 6.18 Å². The van der Waals surface area contributed by atoms with Gasteiger partial charge < -0.3 is 4.90 Å². The summed E-state index contributed by atoms with van der Waals surface area (Å²) in [5.41, 5.74) is 0.542. The highest BCUT2D eigenvalue weighted by Gasteiger charge is 2.39. The van der Waals surface area contributed by atoms with Crippen LogP contribution in [0.4, 0.5) is 19.0 Å². The minimum absolute atomic E-state index is 0.0381. The van der Waals surface area contributed by atoms with Crippen LogP contribution in [0.5, 0.6) is 0 Å². The molecule has 1 fully saturated rings. The topological polar surface area (TPSA) is 33.4 Å². The lowest BCUT2D eigenvalue weighted by atomic mass is 9.92. The van der Waals surface area contributed by atoms with Gasteiger partial charge in [0.05, 0.1) is 5.56 Å². The van der Waals surface area contributed by atoms with Crippen molar-refractivity contribution >= 4 is 11.5 Å². The molecule has 2 atom stereocenters. The molecule has 1 aromatic carbocycles. The van der Waals surface area contributed by atoms with E-state index in [2.05, 4.69) is 28.8 Å². The number of alkyl halides is 3. The highest BCUT2D eigenvalue weighted by atomic mass is 19.4. The summed E-state index contributed by atoms with van der Waals surface area (Å²) in [6, 6.07) is 10.4. The van der Waals surface area contributed by atoms with Gasteiger partial charge in [-0.25, -0.2) is 4.98 Å². The average molecular weight is 388 g/mol. The van der Waals surface area contributed by atoms with Gasteiger partial charge in [-0.2, -0.15) is 22.8 Å². The Bertz CT molecular complexity index is 984. The second-order valence-corrected chi connectivity index (χ2v) is 7.93. The summed E-state index contributed by atoms with van der Waals surface area (Å²) >= 11 is 0. The lowest BCUT2D eigenvalue weighted by molar-refractivity contribution is -0.140. The number of anilines is 1. The average Bonchev–Trinajstić information content (AvgIpc) is 3.00. The highest BCUT2D eigenvalue weighted by molar-refractivity contribution is 5.81. The molecule has 7 heteroatoms. The van der Waals surface area contributed by atoms with Crippen molar-refractivity contribution in [1.82, 2.24) is 14.6 Å². The van der Waals surface area contributed by atoms with E-state index < -0.39 is 11.9 Å². The molecule has 0 N–H and O–H groups in total. The van der Waals surface area contributed by atoms with Crippen molar-refractivity contribution in [2.45, 2.75) is 33.4 Å². The smallest absolute Gasteiger partial charge is 0.356 e. The summed E-state index contributed by atoms with van der Waals surface area (Å²) in [6.07, 6.45) is -3.45. The van der Waals surface area contributed by atoms with E-state index in [1.54, 1.807) is 30.3 Å². The van der Waals surface area contributed by atoms with Gasteiger partial charge in [0, 0.05) is 24.8 Å². The number of rotatable bonds is 2. The van der Waals surface area contributed by atoms with Gasteiger partial charge in [0.1, 0.15) is 5.82 Å². The first kappa shape index (κ1) is 18.8. The monoisotopic (exact) mass is 388 g/mol. The van der Waals surface area contributed by atoms with E-state index in [4.69, 9.17) is 0 Å². The molecule has 0 spiro atoms. The fourth-order valence-corrected chi connectivity index (χ4v) is 4.26. The normalized spacial score (nSPS) is 20.7. The Morgan fingerprint density at radius 2 is 1.68 bits per heavy atom. The zero-order valence-electron chi connectivity index (χ0n) is 16.2. The number of piperidine rings is 1. The molecule has 4 nitrogen and oxygen atoms in total. The van der Waals surface area contributed by atoms with Crippen molar-refractivity contribution in [2.75, 3.05) is 18.0 Å². The maximum atomic E-state index is 13.9. The molecule has 0 saturated carbocycles. The first-order valence-corrected chi connectivity index (χ1v) is 9.52. The van der Waals surface area contributed by atoms with Gasteiger partial charge in [-0.15, -0.1) is 0 Å². The number of hydrogen-bond donors (Lipinski definition) is 0. The molecule has 1 aliphatic rings. The Morgan fingerprint density at radius 1 is 1.04 bits per heavy atom. The van der Waals surface area contributed by atoms with E-state index in [-0.39, 0.29) is 11.2 Å². The zero-order valence-corrected chi connectivity index (χ0v) is 16.2. The zero-order chi connectivity index (χ0) is 20.1. The van der Waals surface area contributed by atoms with Crippen LogP contribution < -0.4 is 4.90 Å². The third-order valence-corrected chi connectivity index (χ3v) is 5.22. The van der Waals surface area contributed by atoms with E-state index >= 15 is 0 Å². The molecule has 0 unspecified atom stereocenters. The van der Waals surface area contributed by atoms with E-state index in [0.717, 1.165) is 19.5 Å². The highest BCUT2D eigenvalue weighted by Crippen LogP contribution is 2.40. The third kappa shape index (κ3) is 3.34. The van der Waals surface area contributed by atoms with Crippen LogP contribution in [0.3, 0.4) is 0 Å². The molecular formula is C21H23F3N4. The molecule has 4 rings (SSSR count). The number of halogens is 3. The number of nitrogens with zero attached hydrogens (tertiary/aromatic N) is 4. The third-order valence-electron chi connectivity index (χ3n) is 5.22. The summed E-state index contributed by atoms with van der Waals surface area (Å²) in [5, 5.41) is 4.01. The number of aromatic nitrogens is 3. The summed E-state index contributed by atoms with van der Waals surface area (Å²) in [7, 11) is 0. The van der Waals surface area contributed by atoms with E-state index in [0.29, 0.717) is 28.9 Å². The van der Waals surface area contributed by atoms with Crippen LogP contribution in [0.25, 0.3) is 16.8 Å². The van der Waals surface area contributed by atoms with Crippen LogP contribution in [0.15, 0.2) is 36.4 Å².